The van der Waals surface area contributed by atoms with Crippen LogP contribution in [0, 0.1) is 17.1 Å². The molecule has 3 aliphatic rings. The number of halogens is 4. The first-order chi connectivity index (χ1) is 18.7. The molecule has 0 saturated carbocycles. The van der Waals surface area contributed by atoms with Gasteiger partial charge >= 0.3 is 12.2 Å². The van der Waals surface area contributed by atoms with Crippen molar-refractivity contribution in [2.45, 2.75) is 56.9 Å². The van der Waals surface area contributed by atoms with Gasteiger partial charge in [-0.15, -0.1) is 0 Å². The van der Waals surface area contributed by atoms with Gasteiger partial charge < -0.3 is 24.8 Å². The zero-order chi connectivity index (χ0) is 27.6. The van der Waals surface area contributed by atoms with Crippen molar-refractivity contribution in [3.63, 3.8) is 0 Å². The second-order valence-electron chi connectivity index (χ2n) is 10.5. The fraction of sp³-hybridized carbons (Fsp3) is 0.593. The van der Waals surface area contributed by atoms with Crippen LogP contribution in [0.15, 0.2) is 18.2 Å². The number of aromatic nitrogens is 2. The third-order valence-electron chi connectivity index (χ3n) is 7.83. The van der Waals surface area contributed by atoms with E-state index in [0.717, 1.165) is 31.0 Å². The molecule has 39 heavy (non-hydrogen) atoms. The highest BCUT2D eigenvalue weighted by Crippen LogP contribution is 2.40. The fourth-order valence-electron chi connectivity index (χ4n) is 5.80. The number of likely N-dealkylation sites (tertiary alicyclic amines) is 1. The van der Waals surface area contributed by atoms with Crippen molar-refractivity contribution >= 4 is 11.5 Å². The van der Waals surface area contributed by atoms with Gasteiger partial charge in [0, 0.05) is 43.8 Å². The Bertz CT molecular complexity index is 1220. The molecule has 0 aliphatic carbocycles. The van der Waals surface area contributed by atoms with Gasteiger partial charge in [0.1, 0.15) is 23.8 Å². The monoisotopic (exact) mass is 547 g/mol. The maximum atomic E-state index is 14.4. The van der Waals surface area contributed by atoms with Crippen molar-refractivity contribution in [1.29, 1.82) is 5.26 Å². The van der Waals surface area contributed by atoms with Crippen LogP contribution in [-0.4, -0.2) is 73.3 Å². The molecule has 210 valence electrons. The molecule has 1 aromatic carbocycles. The predicted molar refractivity (Wildman–Crippen MR) is 138 cm³/mol. The van der Waals surface area contributed by atoms with Gasteiger partial charge in [-0.25, -0.2) is 4.39 Å². The van der Waals surface area contributed by atoms with Crippen LogP contribution < -0.4 is 19.9 Å². The van der Waals surface area contributed by atoms with E-state index in [-0.39, 0.29) is 30.3 Å². The Labute approximate surface area is 225 Å². The van der Waals surface area contributed by atoms with Crippen LogP contribution in [0.3, 0.4) is 0 Å². The van der Waals surface area contributed by atoms with Crippen molar-refractivity contribution in [2.75, 3.05) is 56.2 Å². The van der Waals surface area contributed by atoms with E-state index in [1.165, 1.54) is 12.1 Å². The van der Waals surface area contributed by atoms with Gasteiger partial charge in [-0.1, -0.05) is 6.07 Å². The summed E-state index contributed by atoms with van der Waals surface area (Å²) in [5.41, 5.74) is -0.00262. The number of ether oxygens (including phenoxy) is 1. The molecule has 2 atom stereocenters. The first-order valence-electron chi connectivity index (χ1n) is 13.4. The molecule has 12 heteroatoms. The van der Waals surface area contributed by atoms with Crippen molar-refractivity contribution in [2.24, 2.45) is 0 Å². The molecule has 3 aliphatic heterocycles. The molecule has 0 radical (unpaired) electrons. The molecule has 2 fully saturated rings. The predicted octanol–water partition coefficient (Wildman–Crippen LogP) is 3.75. The molecule has 1 aromatic heterocycles. The third kappa shape index (κ3) is 6.04. The van der Waals surface area contributed by atoms with Crippen LogP contribution in [0.4, 0.5) is 29.1 Å². The second kappa shape index (κ2) is 11.5. The summed E-state index contributed by atoms with van der Waals surface area (Å²) in [5, 5.41) is 12.6. The summed E-state index contributed by atoms with van der Waals surface area (Å²) in [6.45, 7) is 3.72. The molecular formula is C27H33F4N7O. The van der Waals surface area contributed by atoms with E-state index in [9.17, 15) is 22.8 Å². The number of anilines is 2. The molecule has 4 heterocycles. The minimum Gasteiger partial charge on any atom is -0.462 e. The molecule has 5 rings (SSSR count). The zero-order valence-corrected chi connectivity index (χ0v) is 22.0. The van der Waals surface area contributed by atoms with Gasteiger partial charge in [0.2, 0.25) is 0 Å². The quantitative estimate of drug-likeness (QED) is 0.548. The molecule has 2 saturated heterocycles. The summed E-state index contributed by atoms with van der Waals surface area (Å²) in [4.78, 5) is 15.4. The summed E-state index contributed by atoms with van der Waals surface area (Å²) in [6, 6.07) is 6.09. The summed E-state index contributed by atoms with van der Waals surface area (Å²) in [6.07, 6.45) is -1.25. The molecule has 2 aromatic rings. The van der Waals surface area contributed by atoms with Gasteiger partial charge in [0.05, 0.1) is 30.4 Å². The minimum atomic E-state index is -4.83. The van der Waals surface area contributed by atoms with Crippen molar-refractivity contribution < 1.29 is 22.3 Å². The first kappa shape index (κ1) is 27.4. The summed E-state index contributed by atoms with van der Waals surface area (Å²) >= 11 is 0. The SMILES string of the molecule is CN1CCC[C@H]1COc1nc2c(c(N3CCN[C@@H](CC#N)C3)n1)CCCN(c1cccc(F)c1C(F)(F)F)C2. The van der Waals surface area contributed by atoms with Crippen molar-refractivity contribution in [3.05, 3.63) is 40.8 Å². The molecule has 8 nitrogen and oxygen atoms in total. The average Bonchev–Trinajstić information content (AvgIpc) is 3.18. The van der Waals surface area contributed by atoms with E-state index >= 15 is 0 Å². The number of nitrogens with one attached hydrogen (secondary N) is 1. The second-order valence-corrected chi connectivity index (χ2v) is 10.5. The number of fused-ring (bicyclic) bond motifs is 1. The number of nitrogens with zero attached hydrogens (tertiary/aromatic N) is 6. The lowest BCUT2D eigenvalue weighted by atomic mass is 10.1. The molecule has 0 spiro atoms. The van der Waals surface area contributed by atoms with E-state index in [4.69, 9.17) is 14.7 Å². The van der Waals surface area contributed by atoms with E-state index < -0.39 is 17.6 Å². The lowest BCUT2D eigenvalue weighted by Gasteiger charge is -2.35. The summed E-state index contributed by atoms with van der Waals surface area (Å²) in [5.74, 6) is -0.585. The van der Waals surface area contributed by atoms with Crippen molar-refractivity contribution in [3.8, 4) is 12.1 Å². The highest BCUT2D eigenvalue weighted by atomic mass is 19.4. The minimum absolute atomic E-state index is 0.0187. The Morgan fingerprint density at radius 3 is 2.74 bits per heavy atom. The van der Waals surface area contributed by atoms with E-state index in [0.29, 0.717) is 63.6 Å². The lowest BCUT2D eigenvalue weighted by molar-refractivity contribution is -0.139. The standard InChI is InChI=1S/C27H33F4N7O/c1-36-12-3-5-19(36)17-39-26-34-22-16-37(23-8-2-7-21(28)24(23)27(29,30)31)13-4-6-20(22)25(35-26)38-14-11-33-18(15-38)9-10-32/h2,7-8,18-19,33H,3-6,9,11-17H2,1H3/t18-,19-/m0/s1. The number of hydrogen-bond acceptors (Lipinski definition) is 8. The number of likely N-dealkylation sites (N-methyl/N-ethyl adjacent to an activating group) is 1. The number of rotatable bonds is 6. The van der Waals surface area contributed by atoms with E-state index in [1.807, 2.05) is 0 Å². The Morgan fingerprint density at radius 1 is 1.15 bits per heavy atom. The third-order valence-corrected chi connectivity index (χ3v) is 7.83. The lowest BCUT2D eigenvalue weighted by Crippen LogP contribution is -2.51. The molecule has 1 N–H and O–H groups in total. The van der Waals surface area contributed by atoms with Gasteiger partial charge in [0.25, 0.3) is 0 Å². The maximum Gasteiger partial charge on any atom is 0.421 e. The maximum absolute atomic E-state index is 14.4. The fourth-order valence-corrected chi connectivity index (χ4v) is 5.80. The van der Waals surface area contributed by atoms with Gasteiger partial charge in [-0.2, -0.15) is 28.4 Å². The van der Waals surface area contributed by atoms with Crippen LogP contribution in [0.1, 0.15) is 42.5 Å². The Kier molecular flexibility index (Phi) is 8.09. The van der Waals surface area contributed by atoms with Gasteiger partial charge in [-0.3, -0.25) is 0 Å². The van der Waals surface area contributed by atoms with Gasteiger partial charge in [0.15, 0.2) is 0 Å². The highest BCUT2D eigenvalue weighted by Gasteiger charge is 2.39. The van der Waals surface area contributed by atoms with Crippen LogP contribution in [0.25, 0.3) is 0 Å². The smallest absolute Gasteiger partial charge is 0.421 e. The Hall–Kier alpha value is -3.17. The number of benzene rings is 1. The van der Waals surface area contributed by atoms with Crippen LogP contribution >= 0.6 is 0 Å². The van der Waals surface area contributed by atoms with Crippen LogP contribution in [0.5, 0.6) is 6.01 Å². The van der Waals surface area contributed by atoms with E-state index in [2.05, 4.69) is 28.2 Å². The zero-order valence-electron chi connectivity index (χ0n) is 22.0. The van der Waals surface area contributed by atoms with Crippen LogP contribution in [0.2, 0.25) is 0 Å². The molecular weight excluding hydrogens is 514 g/mol. The van der Waals surface area contributed by atoms with Crippen LogP contribution in [-0.2, 0) is 19.1 Å². The molecule has 0 unspecified atom stereocenters. The summed E-state index contributed by atoms with van der Waals surface area (Å²) < 4.78 is 62.1. The molecule has 0 amide bonds. The average molecular weight is 548 g/mol. The van der Waals surface area contributed by atoms with Crippen molar-refractivity contribution in [1.82, 2.24) is 20.2 Å². The highest BCUT2D eigenvalue weighted by molar-refractivity contribution is 5.58. The van der Waals surface area contributed by atoms with Gasteiger partial charge in [-0.05, 0) is 51.4 Å². The Balaban J connectivity index is 1.50. The largest absolute Gasteiger partial charge is 0.462 e. The first-order valence-corrected chi connectivity index (χ1v) is 13.4. The normalized spacial score (nSPS) is 22.4. The number of nitriles is 1. The van der Waals surface area contributed by atoms with E-state index in [1.54, 1.807) is 4.90 Å². The summed E-state index contributed by atoms with van der Waals surface area (Å²) in [7, 11) is 2.05. The number of piperazine rings is 1. The number of hydrogen-bond donors (Lipinski definition) is 1. The molecule has 0 bridgehead atoms. The Morgan fingerprint density at radius 2 is 2.00 bits per heavy atom. The topological polar surface area (TPSA) is 80.5 Å². The number of alkyl halides is 3.